The van der Waals surface area contributed by atoms with Gasteiger partial charge in [0, 0.05) is 188 Å². The predicted molar refractivity (Wildman–Crippen MR) is 376 cm³/mol. The number of sulfonamides is 2. The van der Waals surface area contributed by atoms with Crippen molar-refractivity contribution < 1.29 is 26.4 Å². The average Bonchev–Trinajstić information content (AvgIpc) is 1.07. The number of benzene rings is 4. The first-order valence-electron chi connectivity index (χ1n) is 32.8. The van der Waals surface area contributed by atoms with E-state index in [0.29, 0.717) is 47.1 Å². The summed E-state index contributed by atoms with van der Waals surface area (Å²) in [5, 5.41) is 35.8. The molecule has 0 saturated carbocycles. The summed E-state index contributed by atoms with van der Waals surface area (Å²) >= 11 is 25.0. The van der Waals surface area contributed by atoms with Crippen molar-refractivity contribution >= 4 is 145 Å². The molecule has 0 bridgehead atoms. The molecule has 4 N–H and O–H groups in total. The minimum Gasteiger partial charge on any atom is -0.371 e. The first-order chi connectivity index (χ1) is 44.8. The first kappa shape index (κ1) is 66.5. The number of aromatic amines is 4. The van der Waals surface area contributed by atoms with Gasteiger partial charge >= 0.3 is 0 Å². The Bertz CT molecular complexity index is 4320. The number of H-pyrrole nitrogens is 4. The highest BCUT2D eigenvalue weighted by Gasteiger charge is 2.49. The van der Waals surface area contributed by atoms with Crippen LogP contribution in [0.25, 0.3) is 43.6 Å². The number of carbonyl (C=O) groups excluding carboxylic acids is 2. The Hall–Kier alpha value is -6.12. The predicted octanol–water partition coefficient (Wildman–Crippen LogP) is 11.0. The second kappa shape index (κ2) is 26.4. The van der Waals surface area contributed by atoms with Crippen molar-refractivity contribution in [3.63, 3.8) is 0 Å². The van der Waals surface area contributed by atoms with Crippen molar-refractivity contribution in [1.82, 2.24) is 59.2 Å². The van der Waals surface area contributed by atoms with Crippen LogP contribution in [0.3, 0.4) is 0 Å². The average molecular weight is 1400 g/mol. The molecule has 12 heterocycles. The lowest BCUT2D eigenvalue weighted by molar-refractivity contribution is -0.131. The molecule has 2 amide bonds. The summed E-state index contributed by atoms with van der Waals surface area (Å²) in [7, 11) is -6.12. The lowest BCUT2D eigenvalue weighted by Crippen LogP contribution is -2.61. The topological polar surface area (TPSA) is 243 Å². The van der Waals surface area contributed by atoms with Crippen LogP contribution in [0.2, 0.25) is 20.1 Å². The second-order valence-electron chi connectivity index (χ2n) is 28.0. The van der Waals surface area contributed by atoms with Gasteiger partial charge in [-0.1, -0.05) is 46.4 Å². The number of fused-ring (bicyclic) bond motifs is 4. The van der Waals surface area contributed by atoms with Crippen LogP contribution in [0.15, 0.2) is 73.3 Å². The van der Waals surface area contributed by atoms with Crippen molar-refractivity contribution in [2.75, 3.05) is 137 Å². The fourth-order valence-corrected chi connectivity index (χ4v) is 19.0. The van der Waals surface area contributed by atoms with Gasteiger partial charge in [-0.25, -0.2) is 25.4 Å². The molecule has 4 aromatic carbocycles. The Labute approximate surface area is 569 Å². The van der Waals surface area contributed by atoms with Crippen LogP contribution in [0.4, 0.5) is 22.7 Å². The van der Waals surface area contributed by atoms with Crippen LogP contribution in [0.1, 0.15) is 90.9 Å². The molecule has 22 nitrogen and oxygen atoms in total. The minimum atomic E-state index is -3.08. The SMILES string of the molecule is CC(=O)N1CCC2(CC1)CCN(c1cc(Cl)cc3[nH]ncc13)CC2.CC(=O)N1CCC2(CCN(c3cc(Cl)cc4[nH]ncc34)CC2)C1.CS(=O)(=O)N1CC2(CCN(c3cc(Cl)cc4[nH]ncc34)CC2)C1.CS(=O)(=O)N1CCC2(CCN(c3cc(Cl)cc4[nH]ncc34)CC2)C1. The van der Waals surface area contributed by atoms with Crippen LogP contribution >= 0.6 is 46.4 Å². The maximum atomic E-state index is 11.8. The molecule has 0 aliphatic carbocycles. The monoisotopic (exact) mass is 1400 g/mol. The van der Waals surface area contributed by atoms with Crippen LogP contribution in [-0.4, -0.2) is 205 Å². The molecular weight excluding hydrogens is 1320 g/mol. The zero-order valence-corrected chi connectivity index (χ0v) is 58.5. The molecule has 16 rings (SSSR count). The van der Waals surface area contributed by atoms with Crippen LogP contribution in [0, 0.1) is 21.7 Å². The molecule has 0 radical (unpaired) electrons. The van der Waals surface area contributed by atoms with Crippen LogP contribution < -0.4 is 19.6 Å². The van der Waals surface area contributed by atoms with Gasteiger partial charge in [-0.15, -0.1) is 0 Å². The summed E-state index contributed by atoms with van der Waals surface area (Å²) in [4.78, 5) is 36.7. The highest BCUT2D eigenvalue weighted by molar-refractivity contribution is 7.88. The molecule has 8 aromatic rings. The molecule has 8 aliphatic heterocycles. The Balaban J connectivity index is 0.000000114. The van der Waals surface area contributed by atoms with Gasteiger partial charge < -0.3 is 29.4 Å². The maximum Gasteiger partial charge on any atom is 0.219 e. The Morgan fingerprint density at radius 1 is 0.362 bits per heavy atom. The number of nitrogens with zero attached hydrogens (tertiary/aromatic N) is 12. The number of aromatic nitrogens is 8. The highest BCUT2D eigenvalue weighted by atomic mass is 35.5. The van der Waals surface area contributed by atoms with E-state index < -0.39 is 20.0 Å². The van der Waals surface area contributed by atoms with Crippen molar-refractivity contribution in [3.05, 3.63) is 93.4 Å². The zero-order valence-electron chi connectivity index (χ0n) is 53.9. The van der Waals surface area contributed by atoms with E-state index in [0.717, 1.165) is 213 Å². The molecule has 0 atom stereocenters. The number of anilines is 4. The number of hydrogen-bond donors (Lipinski definition) is 4. The van der Waals surface area contributed by atoms with Gasteiger partial charge in [-0.05, 0) is 142 Å². The Morgan fingerprint density at radius 3 is 0.936 bits per heavy atom. The van der Waals surface area contributed by atoms with E-state index in [-0.39, 0.29) is 22.6 Å². The van der Waals surface area contributed by atoms with E-state index in [2.05, 4.69) is 66.5 Å². The quantitative estimate of drug-likeness (QED) is 0.121. The van der Waals surface area contributed by atoms with E-state index >= 15 is 0 Å². The molecule has 8 fully saturated rings. The molecule has 28 heteroatoms. The Morgan fingerprint density at radius 2 is 0.628 bits per heavy atom. The van der Waals surface area contributed by atoms with E-state index in [1.165, 1.54) is 31.0 Å². The third-order valence-corrected chi connectivity index (χ3v) is 25.5. The highest BCUT2D eigenvalue weighted by Crippen LogP contribution is 2.48. The molecular formula is C66H84Cl4N16O6S2. The van der Waals surface area contributed by atoms with Gasteiger partial charge in [0.15, 0.2) is 0 Å². The van der Waals surface area contributed by atoms with E-state index in [9.17, 15) is 26.4 Å². The number of carbonyl (C=O) groups is 2. The van der Waals surface area contributed by atoms with Gasteiger partial charge in [0.2, 0.25) is 31.9 Å². The van der Waals surface area contributed by atoms with Gasteiger partial charge in [0.1, 0.15) is 0 Å². The van der Waals surface area contributed by atoms with E-state index in [1.807, 2.05) is 77.1 Å². The standard InChI is InChI=1S/C18H23ClN4O.C17H21ClN4O.C16H21ClN4O2S.C15H19ClN4O2S/c1-13(24)22-6-2-18(3-7-22)4-8-23(9-5-18)17-11-14(19)10-16-15(17)12-20-21-16;1-12(23)22-7-4-17(11-22)2-5-21(6-3-17)16-9-13(18)8-15-14(16)10-19-20-15;1-24(22,23)21-7-4-16(11-21)2-5-20(6-3-16)15-9-12(17)8-14-13(15)10-18-19-14;1-23(21,22)20-9-15(10-20)2-4-19(5-3-15)14-7-11(16)6-13-12(14)8-17-18-13/h10-12H,2-9H2,1H3,(H,20,21);8-10H,2-7,11H2,1H3,(H,19,20);8-10H,2-7,11H2,1H3,(H,18,19);6-8H,2-5,9-10H2,1H3,(H,17,18). The molecule has 8 aliphatic rings. The van der Waals surface area contributed by atoms with Gasteiger partial charge in [0.25, 0.3) is 0 Å². The lowest BCUT2D eigenvalue weighted by Gasteiger charge is -2.53. The number of rotatable bonds is 6. The molecule has 4 spiro atoms. The van der Waals surface area contributed by atoms with Crippen LogP contribution in [-0.2, 0) is 29.6 Å². The number of halogens is 4. The third kappa shape index (κ3) is 14.0. The fraction of sp³-hybridized carbons (Fsp3) is 0.545. The first-order valence-corrected chi connectivity index (χ1v) is 38.0. The summed E-state index contributed by atoms with van der Waals surface area (Å²) < 4.78 is 49.9. The zero-order chi connectivity index (χ0) is 66.0. The summed E-state index contributed by atoms with van der Waals surface area (Å²) in [6.45, 7) is 17.4. The summed E-state index contributed by atoms with van der Waals surface area (Å²) in [6, 6.07) is 15.7. The van der Waals surface area contributed by atoms with Crippen molar-refractivity contribution in [2.45, 2.75) is 90.9 Å². The molecule has 0 unspecified atom stereocenters. The third-order valence-electron chi connectivity index (χ3n) is 22.2. The summed E-state index contributed by atoms with van der Waals surface area (Å²) in [5.74, 6) is 0.419. The van der Waals surface area contributed by atoms with Crippen molar-refractivity contribution in [3.8, 4) is 0 Å². The smallest absolute Gasteiger partial charge is 0.219 e. The summed E-state index contributed by atoms with van der Waals surface area (Å²) in [5.41, 5.74) is 9.45. The van der Waals surface area contributed by atoms with Gasteiger partial charge in [-0.2, -0.15) is 20.4 Å². The number of nitrogens with one attached hydrogen (secondary N) is 4. The molecule has 94 heavy (non-hydrogen) atoms. The number of piperidine rings is 5. The summed E-state index contributed by atoms with van der Waals surface area (Å²) in [6.07, 6.45) is 23.0. The molecule has 4 aromatic heterocycles. The van der Waals surface area contributed by atoms with Crippen LogP contribution in [0.5, 0.6) is 0 Å². The van der Waals surface area contributed by atoms with Gasteiger partial charge in [-0.3, -0.25) is 30.0 Å². The number of amides is 2. The lowest BCUT2D eigenvalue weighted by atomic mass is 9.71. The van der Waals surface area contributed by atoms with Gasteiger partial charge in [0.05, 0.1) is 59.4 Å². The maximum absolute atomic E-state index is 11.8. The normalized spacial score (nSPS) is 21.2. The molecule has 8 saturated heterocycles. The molecule has 504 valence electrons. The largest absolute Gasteiger partial charge is 0.371 e. The van der Waals surface area contributed by atoms with E-state index in [1.54, 1.807) is 22.5 Å². The van der Waals surface area contributed by atoms with E-state index in [4.69, 9.17) is 46.4 Å². The number of likely N-dealkylation sites (tertiary alicyclic amines) is 2. The minimum absolute atomic E-state index is 0.133. The second-order valence-corrected chi connectivity index (χ2v) is 33.8. The Kier molecular flexibility index (Phi) is 18.7. The van der Waals surface area contributed by atoms with Crippen molar-refractivity contribution in [1.29, 1.82) is 0 Å². The van der Waals surface area contributed by atoms with Crippen molar-refractivity contribution in [2.24, 2.45) is 21.7 Å². The fourth-order valence-electron chi connectivity index (χ4n) is 16.2. The number of hydrogen-bond acceptors (Lipinski definition) is 14.